The fraction of sp³-hybridized carbons (Fsp3) is 0.667. The predicted molar refractivity (Wildman–Crippen MR) is 66.0 cm³/mol. The molecule has 0 fully saturated rings. The number of hydrazine groups is 1. The number of rotatable bonds is 6. The Balaban J connectivity index is 2.49. The van der Waals surface area contributed by atoms with E-state index in [2.05, 4.69) is 10.4 Å². The van der Waals surface area contributed by atoms with E-state index in [9.17, 15) is 8.42 Å². The Kier molecular flexibility index (Phi) is 4.85. The molecule has 1 unspecified atom stereocenters. The molecule has 16 heavy (non-hydrogen) atoms. The van der Waals surface area contributed by atoms with E-state index in [0.29, 0.717) is 12.8 Å². The summed E-state index contributed by atoms with van der Waals surface area (Å²) in [6.07, 6.45) is 2.40. The van der Waals surface area contributed by atoms with E-state index in [1.165, 1.54) is 6.26 Å². The van der Waals surface area contributed by atoms with Crippen molar-refractivity contribution in [2.24, 2.45) is 5.84 Å². The quantitative estimate of drug-likeness (QED) is 0.568. The zero-order chi connectivity index (χ0) is 12.2. The standard InChI is InChI=1S/C9H17N3O2S2/c1-7-11-9(6-15-7)5-8(12-10)3-4-16(2,13)14/h6,8,12H,3-5,10H2,1-2H3. The van der Waals surface area contributed by atoms with Gasteiger partial charge in [-0.3, -0.25) is 11.3 Å². The molecule has 0 aliphatic carbocycles. The molecule has 1 aromatic rings. The molecule has 0 aromatic carbocycles. The highest BCUT2D eigenvalue weighted by Crippen LogP contribution is 2.11. The topological polar surface area (TPSA) is 85.1 Å². The van der Waals surface area contributed by atoms with Crippen LogP contribution in [0.4, 0.5) is 0 Å². The molecule has 92 valence electrons. The average molecular weight is 263 g/mol. The first-order valence-electron chi connectivity index (χ1n) is 4.95. The van der Waals surface area contributed by atoms with E-state index in [1.54, 1.807) is 11.3 Å². The summed E-state index contributed by atoms with van der Waals surface area (Å²) in [4.78, 5) is 4.32. The third-order valence-electron chi connectivity index (χ3n) is 2.19. The average Bonchev–Trinajstić information content (AvgIpc) is 2.57. The van der Waals surface area contributed by atoms with Crippen molar-refractivity contribution >= 4 is 21.2 Å². The molecule has 1 atom stereocenters. The fourth-order valence-electron chi connectivity index (χ4n) is 1.36. The molecule has 3 N–H and O–H groups in total. The molecule has 5 nitrogen and oxygen atoms in total. The molecule has 0 aliphatic heterocycles. The van der Waals surface area contributed by atoms with Crippen molar-refractivity contribution in [3.63, 3.8) is 0 Å². The second-order valence-corrected chi connectivity index (χ2v) is 7.17. The van der Waals surface area contributed by atoms with Crippen molar-refractivity contribution in [2.75, 3.05) is 12.0 Å². The molecule has 0 saturated carbocycles. The van der Waals surface area contributed by atoms with Crippen LogP contribution in [0.2, 0.25) is 0 Å². The number of aryl methyl sites for hydroxylation is 1. The number of aromatic nitrogens is 1. The van der Waals surface area contributed by atoms with Crippen LogP contribution in [0.25, 0.3) is 0 Å². The molecule has 0 radical (unpaired) electrons. The van der Waals surface area contributed by atoms with Crippen molar-refractivity contribution in [1.82, 2.24) is 10.4 Å². The molecule has 0 amide bonds. The number of nitrogens with two attached hydrogens (primary N) is 1. The number of hydrogen-bond acceptors (Lipinski definition) is 6. The lowest BCUT2D eigenvalue weighted by molar-refractivity contribution is 0.503. The second-order valence-electron chi connectivity index (χ2n) is 3.84. The Morgan fingerprint density at radius 1 is 1.62 bits per heavy atom. The Bertz CT molecular complexity index is 428. The number of thiazole rings is 1. The van der Waals surface area contributed by atoms with Gasteiger partial charge in [-0.1, -0.05) is 0 Å². The third kappa shape index (κ3) is 5.02. The Labute approximate surface area is 100.0 Å². The Hall–Kier alpha value is -0.500. The van der Waals surface area contributed by atoms with Crippen LogP contribution in [-0.4, -0.2) is 31.5 Å². The van der Waals surface area contributed by atoms with Gasteiger partial charge in [-0.15, -0.1) is 11.3 Å². The third-order valence-corrected chi connectivity index (χ3v) is 3.99. The summed E-state index contributed by atoms with van der Waals surface area (Å²) < 4.78 is 22.1. The van der Waals surface area contributed by atoms with Crippen LogP contribution in [0.5, 0.6) is 0 Å². The highest BCUT2D eigenvalue weighted by Gasteiger charge is 2.12. The van der Waals surface area contributed by atoms with Crippen molar-refractivity contribution < 1.29 is 8.42 Å². The molecule has 1 heterocycles. The Morgan fingerprint density at radius 3 is 2.75 bits per heavy atom. The summed E-state index contributed by atoms with van der Waals surface area (Å²) in [5, 5.41) is 2.98. The Morgan fingerprint density at radius 2 is 2.31 bits per heavy atom. The zero-order valence-electron chi connectivity index (χ0n) is 9.43. The number of sulfone groups is 1. The molecule has 7 heteroatoms. The lowest BCUT2D eigenvalue weighted by Crippen LogP contribution is -2.38. The van der Waals surface area contributed by atoms with Crippen LogP contribution in [0.15, 0.2) is 5.38 Å². The highest BCUT2D eigenvalue weighted by atomic mass is 32.2. The van der Waals surface area contributed by atoms with Crippen LogP contribution in [-0.2, 0) is 16.3 Å². The van der Waals surface area contributed by atoms with Crippen LogP contribution in [0, 0.1) is 6.92 Å². The first-order chi connectivity index (χ1) is 7.40. The van der Waals surface area contributed by atoms with E-state index >= 15 is 0 Å². The van der Waals surface area contributed by atoms with Gasteiger partial charge in [-0.2, -0.15) is 0 Å². The van der Waals surface area contributed by atoms with E-state index in [4.69, 9.17) is 5.84 Å². The molecule has 0 spiro atoms. The highest BCUT2D eigenvalue weighted by molar-refractivity contribution is 7.90. The molecule has 1 aromatic heterocycles. The first kappa shape index (κ1) is 13.6. The summed E-state index contributed by atoms with van der Waals surface area (Å²) >= 11 is 1.58. The van der Waals surface area contributed by atoms with Gasteiger partial charge in [0.25, 0.3) is 0 Å². The molecule has 0 saturated heterocycles. The van der Waals surface area contributed by atoms with E-state index < -0.39 is 9.84 Å². The molecule has 0 bridgehead atoms. The van der Waals surface area contributed by atoms with Crippen LogP contribution >= 0.6 is 11.3 Å². The summed E-state index contributed by atoms with van der Waals surface area (Å²) in [7, 11) is -2.93. The van der Waals surface area contributed by atoms with E-state index in [1.807, 2.05) is 12.3 Å². The van der Waals surface area contributed by atoms with Gasteiger partial charge in [-0.25, -0.2) is 13.4 Å². The van der Waals surface area contributed by atoms with E-state index in [-0.39, 0.29) is 11.8 Å². The van der Waals surface area contributed by atoms with Gasteiger partial charge >= 0.3 is 0 Å². The molecule has 0 aliphatic rings. The fourth-order valence-corrected chi connectivity index (χ4v) is 2.69. The lowest BCUT2D eigenvalue weighted by atomic mass is 10.1. The molecule has 1 rings (SSSR count). The summed E-state index contributed by atoms with van der Waals surface area (Å²) in [5.74, 6) is 5.53. The van der Waals surface area contributed by atoms with Crippen molar-refractivity contribution in [3.05, 3.63) is 16.1 Å². The SMILES string of the molecule is Cc1nc(CC(CCS(C)(=O)=O)NN)cs1. The minimum Gasteiger partial charge on any atom is -0.271 e. The number of hydrogen-bond donors (Lipinski definition) is 2. The van der Waals surface area contributed by atoms with Gasteiger partial charge in [0.05, 0.1) is 16.5 Å². The number of nitrogens with one attached hydrogen (secondary N) is 1. The zero-order valence-corrected chi connectivity index (χ0v) is 11.1. The van der Waals surface area contributed by atoms with Crippen molar-refractivity contribution in [1.29, 1.82) is 0 Å². The van der Waals surface area contributed by atoms with Gasteiger partial charge in [0.2, 0.25) is 0 Å². The van der Waals surface area contributed by atoms with Gasteiger partial charge < -0.3 is 0 Å². The summed E-state index contributed by atoms with van der Waals surface area (Å²) in [6.45, 7) is 1.94. The minimum absolute atomic E-state index is 0.0452. The van der Waals surface area contributed by atoms with Gasteiger partial charge in [-0.05, 0) is 13.3 Å². The maximum absolute atomic E-state index is 11.0. The maximum Gasteiger partial charge on any atom is 0.147 e. The molecular formula is C9H17N3O2S2. The van der Waals surface area contributed by atoms with E-state index in [0.717, 1.165) is 10.7 Å². The summed E-state index contributed by atoms with van der Waals surface area (Å²) in [5.41, 5.74) is 3.59. The van der Waals surface area contributed by atoms with Crippen molar-refractivity contribution in [3.8, 4) is 0 Å². The smallest absolute Gasteiger partial charge is 0.147 e. The minimum atomic E-state index is -2.93. The first-order valence-corrected chi connectivity index (χ1v) is 7.89. The lowest BCUT2D eigenvalue weighted by Gasteiger charge is -2.13. The van der Waals surface area contributed by atoms with Crippen LogP contribution in [0.3, 0.4) is 0 Å². The monoisotopic (exact) mass is 263 g/mol. The molecular weight excluding hydrogens is 246 g/mol. The number of nitrogens with zero attached hydrogens (tertiary/aromatic N) is 1. The second kappa shape index (κ2) is 5.72. The maximum atomic E-state index is 11.0. The van der Waals surface area contributed by atoms with Crippen LogP contribution < -0.4 is 11.3 Å². The van der Waals surface area contributed by atoms with Gasteiger partial charge in [0.1, 0.15) is 9.84 Å². The normalized spacial score (nSPS) is 13.9. The largest absolute Gasteiger partial charge is 0.271 e. The summed E-state index contributed by atoms with van der Waals surface area (Å²) in [6, 6.07) is -0.0452. The van der Waals surface area contributed by atoms with Crippen LogP contribution in [0.1, 0.15) is 17.1 Å². The van der Waals surface area contributed by atoms with Crippen molar-refractivity contribution in [2.45, 2.75) is 25.8 Å². The van der Waals surface area contributed by atoms with Gasteiger partial charge in [0.15, 0.2) is 0 Å². The van der Waals surface area contributed by atoms with Gasteiger partial charge in [0, 0.05) is 24.1 Å². The predicted octanol–water partition coefficient (Wildman–Crippen LogP) is 0.261.